The lowest BCUT2D eigenvalue weighted by Gasteiger charge is -2.20. The number of urea groups is 1. The van der Waals surface area contributed by atoms with Crippen LogP contribution in [0.3, 0.4) is 0 Å². The Morgan fingerprint density at radius 2 is 2.44 bits per heavy atom. The molecule has 4 nitrogen and oxygen atoms in total. The Morgan fingerprint density at radius 1 is 1.78 bits per heavy atom. The Labute approximate surface area is 57.8 Å². The maximum Gasteiger partial charge on any atom is 0.320 e. The first-order valence-electron chi connectivity index (χ1n) is 2.54. The molecule has 0 aromatic rings. The molecule has 1 aliphatic heterocycles. The largest absolute Gasteiger partial charge is 0.322 e. The Bertz CT molecular complexity index is 142. The molecule has 1 aliphatic rings. The van der Waals surface area contributed by atoms with Crippen LogP contribution in [0.15, 0.2) is 0 Å². The highest BCUT2D eigenvalue weighted by Crippen LogP contribution is 1.92. The number of carbonyl (C=O) groups is 1. The number of thiocarbonyl (C=S) groups is 1. The first-order chi connectivity index (χ1) is 4.18. The molecule has 0 spiro atoms. The van der Waals surface area contributed by atoms with Gasteiger partial charge in [0.25, 0.3) is 0 Å². The maximum atomic E-state index is 10.5. The van der Waals surface area contributed by atoms with Gasteiger partial charge in [-0.3, -0.25) is 0 Å². The highest BCUT2D eigenvalue weighted by atomic mass is 32.1. The van der Waals surface area contributed by atoms with Crippen molar-refractivity contribution in [3.8, 4) is 0 Å². The summed E-state index contributed by atoms with van der Waals surface area (Å²) in [5.41, 5.74) is 5.36. The van der Waals surface area contributed by atoms with Crippen LogP contribution in [-0.4, -0.2) is 17.2 Å². The summed E-state index contributed by atoms with van der Waals surface area (Å²) in [7, 11) is 0. The van der Waals surface area contributed by atoms with Crippen LogP contribution < -0.4 is 16.4 Å². The second-order valence-corrected chi connectivity index (χ2v) is 2.33. The number of nitrogens with two attached hydrogens (primary N) is 1. The molecule has 50 valence electrons. The van der Waals surface area contributed by atoms with Gasteiger partial charge in [0.1, 0.15) is 0 Å². The quantitative estimate of drug-likeness (QED) is 0.395. The van der Waals surface area contributed by atoms with Gasteiger partial charge in [-0.25, -0.2) is 4.79 Å². The molecule has 0 aromatic carbocycles. The van der Waals surface area contributed by atoms with Gasteiger partial charge in [-0.1, -0.05) is 12.2 Å². The van der Waals surface area contributed by atoms with Gasteiger partial charge < -0.3 is 16.4 Å². The minimum atomic E-state index is -0.314. The van der Waals surface area contributed by atoms with Crippen molar-refractivity contribution in [2.24, 2.45) is 5.73 Å². The molecule has 0 radical (unpaired) electrons. The van der Waals surface area contributed by atoms with Crippen molar-refractivity contribution in [2.75, 3.05) is 0 Å². The van der Waals surface area contributed by atoms with Crippen molar-refractivity contribution >= 4 is 23.2 Å². The summed E-state index contributed by atoms with van der Waals surface area (Å²) in [6.07, 6.45) is 0.215. The number of hydrogen-bond acceptors (Lipinski definition) is 3. The van der Waals surface area contributed by atoms with E-state index < -0.39 is 0 Å². The fraction of sp³-hybridized carbons (Fsp3) is 0.500. The first kappa shape index (κ1) is 6.44. The van der Waals surface area contributed by atoms with Crippen molar-refractivity contribution in [3.63, 3.8) is 0 Å². The van der Waals surface area contributed by atoms with E-state index in [-0.39, 0.29) is 12.2 Å². The Balaban J connectivity index is 2.53. The van der Waals surface area contributed by atoms with E-state index >= 15 is 0 Å². The molecule has 0 saturated carbocycles. The van der Waals surface area contributed by atoms with E-state index in [1.54, 1.807) is 0 Å². The van der Waals surface area contributed by atoms with Crippen LogP contribution in [0.5, 0.6) is 0 Å². The second-order valence-electron chi connectivity index (χ2n) is 1.83. The van der Waals surface area contributed by atoms with Crippen LogP contribution in [-0.2, 0) is 0 Å². The number of nitrogens with one attached hydrogen (secondary N) is 2. The Morgan fingerprint density at radius 3 is 2.89 bits per heavy atom. The van der Waals surface area contributed by atoms with Crippen LogP contribution >= 0.6 is 12.2 Å². The smallest absolute Gasteiger partial charge is 0.320 e. The molecule has 1 unspecified atom stereocenters. The van der Waals surface area contributed by atoms with Gasteiger partial charge in [-0.15, -0.1) is 0 Å². The molecule has 2 amide bonds. The number of carbonyl (C=O) groups excluding carboxylic acids is 1. The maximum absolute atomic E-state index is 10.5. The lowest BCUT2D eigenvalue weighted by molar-refractivity contribution is 0.239. The van der Waals surface area contributed by atoms with Crippen molar-refractivity contribution in [1.82, 2.24) is 10.6 Å². The molecule has 9 heavy (non-hydrogen) atoms. The summed E-state index contributed by atoms with van der Waals surface area (Å²) in [5, 5.41) is 4.86. The molecule has 1 atom stereocenters. The standard InChI is InChI=1S/C4H7N3OS/c5-2-1-3(9)7-4(8)6-2/h2H,1,5H2,(H2,6,7,8,9). The Hall–Kier alpha value is -0.680. The van der Waals surface area contributed by atoms with Crippen LogP contribution in [0.25, 0.3) is 0 Å². The zero-order valence-electron chi connectivity index (χ0n) is 4.68. The SMILES string of the molecule is NC1CC(=S)NC(=O)N1. The zero-order valence-corrected chi connectivity index (χ0v) is 5.49. The van der Waals surface area contributed by atoms with E-state index in [2.05, 4.69) is 10.6 Å². The topological polar surface area (TPSA) is 67.1 Å². The van der Waals surface area contributed by atoms with Gasteiger partial charge in [0.05, 0.1) is 11.2 Å². The number of amides is 2. The molecular weight excluding hydrogens is 138 g/mol. The van der Waals surface area contributed by atoms with Crippen molar-refractivity contribution in [2.45, 2.75) is 12.6 Å². The van der Waals surface area contributed by atoms with Crippen LogP contribution in [0.2, 0.25) is 0 Å². The minimum Gasteiger partial charge on any atom is -0.322 e. The van der Waals surface area contributed by atoms with E-state index in [9.17, 15) is 4.79 Å². The van der Waals surface area contributed by atoms with Crippen molar-refractivity contribution < 1.29 is 4.79 Å². The summed E-state index contributed by atoms with van der Waals surface area (Å²) < 4.78 is 0. The lowest BCUT2D eigenvalue weighted by Crippen LogP contribution is -2.55. The monoisotopic (exact) mass is 145 g/mol. The van der Waals surface area contributed by atoms with E-state index in [4.69, 9.17) is 18.0 Å². The number of hydrogen-bond donors (Lipinski definition) is 3. The van der Waals surface area contributed by atoms with Crippen LogP contribution in [0.1, 0.15) is 6.42 Å². The fourth-order valence-electron chi connectivity index (χ4n) is 0.633. The molecule has 4 N–H and O–H groups in total. The summed E-state index contributed by atoms with van der Waals surface area (Å²) in [4.78, 5) is 11.0. The van der Waals surface area contributed by atoms with Crippen molar-refractivity contribution in [1.29, 1.82) is 0 Å². The normalized spacial score (nSPS) is 27.0. The fourth-order valence-corrected chi connectivity index (χ4v) is 0.905. The highest BCUT2D eigenvalue weighted by Gasteiger charge is 2.16. The molecule has 1 saturated heterocycles. The lowest BCUT2D eigenvalue weighted by atomic mass is 10.3. The predicted molar refractivity (Wildman–Crippen MR) is 36.9 cm³/mol. The molecule has 1 fully saturated rings. The molecule has 0 bridgehead atoms. The van der Waals surface area contributed by atoms with Gasteiger partial charge in [0, 0.05) is 6.42 Å². The Kier molecular flexibility index (Phi) is 1.63. The van der Waals surface area contributed by atoms with Gasteiger partial charge in [0.15, 0.2) is 0 Å². The summed E-state index contributed by atoms with van der Waals surface area (Å²) in [6, 6.07) is -0.307. The molecule has 0 aromatic heterocycles. The molecule has 0 aliphatic carbocycles. The molecule has 1 heterocycles. The number of rotatable bonds is 0. The highest BCUT2D eigenvalue weighted by molar-refractivity contribution is 7.80. The van der Waals surface area contributed by atoms with Gasteiger partial charge in [-0.05, 0) is 0 Å². The second kappa shape index (κ2) is 2.28. The summed E-state index contributed by atoms with van der Waals surface area (Å²) in [6.45, 7) is 0. The molecule has 1 rings (SSSR count). The summed E-state index contributed by atoms with van der Waals surface area (Å²) in [5.74, 6) is 0. The van der Waals surface area contributed by atoms with E-state index in [0.717, 1.165) is 0 Å². The van der Waals surface area contributed by atoms with E-state index in [0.29, 0.717) is 11.4 Å². The average Bonchev–Trinajstić information content (AvgIpc) is 1.59. The van der Waals surface area contributed by atoms with E-state index in [1.807, 2.05) is 0 Å². The first-order valence-corrected chi connectivity index (χ1v) is 2.95. The minimum absolute atomic E-state index is 0.307. The van der Waals surface area contributed by atoms with Crippen LogP contribution in [0.4, 0.5) is 4.79 Å². The molecular formula is C4H7N3OS. The van der Waals surface area contributed by atoms with Crippen molar-refractivity contribution in [3.05, 3.63) is 0 Å². The van der Waals surface area contributed by atoms with Gasteiger partial charge >= 0.3 is 6.03 Å². The molecule has 5 heteroatoms. The average molecular weight is 145 g/mol. The third kappa shape index (κ3) is 1.62. The van der Waals surface area contributed by atoms with Crippen LogP contribution in [0, 0.1) is 0 Å². The third-order valence-electron chi connectivity index (χ3n) is 0.975. The van der Waals surface area contributed by atoms with E-state index in [1.165, 1.54) is 0 Å². The third-order valence-corrected chi connectivity index (χ3v) is 1.24. The zero-order chi connectivity index (χ0) is 6.85. The summed E-state index contributed by atoms with van der Waals surface area (Å²) >= 11 is 4.71. The van der Waals surface area contributed by atoms with Gasteiger partial charge in [0.2, 0.25) is 0 Å². The van der Waals surface area contributed by atoms with Gasteiger partial charge in [-0.2, -0.15) is 0 Å². The predicted octanol–water partition coefficient (Wildman–Crippen LogP) is -0.699.